The Labute approximate surface area is 96.7 Å². The van der Waals surface area contributed by atoms with E-state index < -0.39 is 0 Å². The van der Waals surface area contributed by atoms with Gasteiger partial charge in [-0.1, -0.05) is 37.3 Å². The first kappa shape index (κ1) is 12.2. The van der Waals surface area contributed by atoms with Crippen LogP contribution >= 0.6 is 12.4 Å². The van der Waals surface area contributed by atoms with Crippen LogP contribution in [0.2, 0.25) is 0 Å². The average molecular weight is 226 g/mol. The zero-order valence-corrected chi connectivity index (χ0v) is 9.67. The number of hydrogen-bond donors (Lipinski definition) is 0. The van der Waals surface area contributed by atoms with E-state index in [1.807, 2.05) is 25.1 Å². The molecule has 0 aromatic heterocycles. The van der Waals surface area contributed by atoms with Crippen LogP contribution < -0.4 is 0 Å². The second kappa shape index (κ2) is 5.29. The largest absolute Gasteiger partial charge is 0.298 e. The average Bonchev–Trinajstić information content (AvgIpc) is 2.47. The molecule has 0 N–H and O–H groups in total. The Balaban J connectivity index is 0.00000112. The molecule has 0 radical (unpaired) electrons. The highest BCUT2D eigenvalue weighted by Crippen LogP contribution is 2.14. The Kier molecular flexibility index (Phi) is 4.30. The van der Waals surface area contributed by atoms with Gasteiger partial charge in [0.15, 0.2) is 5.78 Å². The Morgan fingerprint density at radius 2 is 2.00 bits per heavy atom. The highest BCUT2D eigenvalue weighted by atomic mass is 35.5. The van der Waals surface area contributed by atoms with Gasteiger partial charge in [0.05, 0.1) is 6.54 Å². The summed E-state index contributed by atoms with van der Waals surface area (Å²) in [6, 6.07) is 10.3. The Bertz CT molecular complexity index is 326. The first-order valence-electron chi connectivity index (χ1n) is 5.04. The zero-order chi connectivity index (χ0) is 9.97. The molecule has 15 heavy (non-hydrogen) atoms. The molecular formula is C12H16ClNO. The maximum absolute atomic E-state index is 11.3. The molecule has 2 nitrogen and oxygen atoms in total. The molecule has 1 unspecified atom stereocenters. The molecule has 0 aliphatic carbocycles. The second-order valence-corrected chi connectivity index (χ2v) is 4.02. The molecule has 1 aromatic carbocycles. The van der Waals surface area contributed by atoms with Crippen molar-refractivity contribution in [2.24, 2.45) is 5.92 Å². The van der Waals surface area contributed by atoms with Crippen LogP contribution in [0, 0.1) is 5.92 Å². The number of carbonyl (C=O) groups is 1. The van der Waals surface area contributed by atoms with Crippen LogP contribution in [0.5, 0.6) is 0 Å². The highest BCUT2D eigenvalue weighted by molar-refractivity contribution is 5.85. The molecule has 0 saturated carbocycles. The van der Waals surface area contributed by atoms with Gasteiger partial charge in [0.1, 0.15) is 0 Å². The third kappa shape index (κ3) is 3.05. The molecule has 0 bridgehead atoms. The first-order valence-corrected chi connectivity index (χ1v) is 5.04. The lowest BCUT2D eigenvalue weighted by Gasteiger charge is -2.13. The summed E-state index contributed by atoms with van der Waals surface area (Å²) < 4.78 is 0. The van der Waals surface area contributed by atoms with Gasteiger partial charge in [0.2, 0.25) is 0 Å². The molecule has 1 atom stereocenters. The summed E-state index contributed by atoms with van der Waals surface area (Å²) >= 11 is 0. The highest BCUT2D eigenvalue weighted by Gasteiger charge is 2.26. The minimum Gasteiger partial charge on any atom is -0.298 e. The van der Waals surface area contributed by atoms with Crippen molar-refractivity contribution in [3.63, 3.8) is 0 Å². The van der Waals surface area contributed by atoms with Crippen molar-refractivity contribution >= 4 is 18.2 Å². The third-order valence-electron chi connectivity index (χ3n) is 2.71. The molecular weight excluding hydrogens is 210 g/mol. The number of benzene rings is 1. The summed E-state index contributed by atoms with van der Waals surface area (Å²) in [4.78, 5) is 13.5. The minimum absolute atomic E-state index is 0. The monoisotopic (exact) mass is 225 g/mol. The fraction of sp³-hybridized carbons (Fsp3) is 0.417. The van der Waals surface area contributed by atoms with Gasteiger partial charge in [-0.15, -0.1) is 12.4 Å². The summed E-state index contributed by atoms with van der Waals surface area (Å²) in [5, 5.41) is 0. The van der Waals surface area contributed by atoms with Crippen molar-refractivity contribution < 1.29 is 4.79 Å². The summed E-state index contributed by atoms with van der Waals surface area (Å²) in [6.07, 6.45) is 0. The molecule has 1 aliphatic rings. The van der Waals surface area contributed by atoms with Crippen molar-refractivity contribution in [1.82, 2.24) is 4.90 Å². The molecule has 1 heterocycles. The van der Waals surface area contributed by atoms with E-state index >= 15 is 0 Å². The minimum atomic E-state index is 0. The van der Waals surface area contributed by atoms with E-state index in [9.17, 15) is 4.79 Å². The summed E-state index contributed by atoms with van der Waals surface area (Å²) in [6.45, 7) is 4.44. The van der Waals surface area contributed by atoms with E-state index in [0.717, 1.165) is 13.1 Å². The van der Waals surface area contributed by atoms with Crippen molar-refractivity contribution in [2.75, 3.05) is 13.1 Å². The van der Waals surface area contributed by atoms with Crippen LogP contribution in [0.25, 0.3) is 0 Å². The fourth-order valence-electron chi connectivity index (χ4n) is 1.89. The third-order valence-corrected chi connectivity index (χ3v) is 2.71. The van der Waals surface area contributed by atoms with Crippen LogP contribution in [0.4, 0.5) is 0 Å². The van der Waals surface area contributed by atoms with Gasteiger partial charge >= 0.3 is 0 Å². The number of hydrogen-bond acceptors (Lipinski definition) is 2. The Morgan fingerprint density at radius 1 is 1.33 bits per heavy atom. The van der Waals surface area contributed by atoms with Gasteiger partial charge < -0.3 is 0 Å². The van der Waals surface area contributed by atoms with Crippen LogP contribution in [-0.4, -0.2) is 23.8 Å². The van der Waals surface area contributed by atoms with Crippen molar-refractivity contribution in [3.05, 3.63) is 35.9 Å². The lowest BCUT2D eigenvalue weighted by atomic mass is 10.1. The van der Waals surface area contributed by atoms with Crippen molar-refractivity contribution in [3.8, 4) is 0 Å². The van der Waals surface area contributed by atoms with E-state index in [1.54, 1.807) is 0 Å². The quantitative estimate of drug-likeness (QED) is 0.769. The maximum atomic E-state index is 11.3. The number of carbonyl (C=O) groups excluding carboxylic acids is 1. The van der Waals surface area contributed by atoms with E-state index in [4.69, 9.17) is 0 Å². The SMILES string of the molecule is CC1CN(Cc2ccccc2)CC1=O.Cl. The fourth-order valence-corrected chi connectivity index (χ4v) is 1.89. The predicted molar refractivity (Wildman–Crippen MR) is 63.1 cm³/mol. The van der Waals surface area contributed by atoms with Gasteiger partial charge in [0.25, 0.3) is 0 Å². The zero-order valence-electron chi connectivity index (χ0n) is 8.85. The number of halogens is 1. The normalized spacial score (nSPS) is 21.4. The van der Waals surface area contributed by atoms with E-state index in [1.165, 1.54) is 5.56 Å². The molecule has 2 rings (SSSR count). The smallest absolute Gasteiger partial charge is 0.150 e. The van der Waals surface area contributed by atoms with Crippen molar-refractivity contribution in [1.29, 1.82) is 0 Å². The van der Waals surface area contributed by atoms with Gasteiger partial charge in [-0.2, -0.15) is 0 Å². The number of nitrogens with zero attached hydrogens (tertiary/aromatic N) is 1. The van der Waals surface area contributed by atoms with Gasteiger partial charge in [0, 0.05) is 19.0 Å². The molecule has 0 amide bonds. The molecule has 82 valence electrons. The topological polar surface area (TPSA) is 20.3 Å². The Hall–Kier alpha value is -0.860. The lowest BCUT2D eigenvalue weighted by Crippen LogP contribution is -2.20. The van der Waals surface area contributed by atoms with Crippen molar-refractivity contribution in [2.45, 2.75) is 13.5 Å². The summed E-state index contributed by atoms with van der Waals surface area (Å²) in [7, 11) is 0. The van der Waals surface area contributed by atoms with E-state index in [0.29, 0.717) is 12.3 Å². The number of likely N-dealkylation sites (tertiary alicyclic amines) is 1. The van der Waals surface area contributed by atoms with Gasteiger partial charge in [-0.3, -0.25) is 9.69 Å². The second-order valence-electron chi connectivity index (χ2n) is 4.02. The predicted octanol–water partition coefficient (Wildman–Crippen LogP) is 2.13. The van der Waals surface area contributed by atoms with Crippen LogP contribution in [-0.2, 0) is 11.3 Å². The molecule has 1 saturated heterocycles. The standard InChI is InChI=1S/C12H15NO.ClH/c1-10-7-13(9-12(10)14)8-11-5-3-2-4-6-11;/h2-6,10H,7-9H2,1H3;1H. The first-order chi connectivity index (χ1) is 6.75. The van der Waals surface area contributed by atoms with Crippen LogP contribution in [0.1, 0.15) is 12.5 Å². The number of rotatable bonds is 2. The van der Waals surface area contributed by atoms with Gasteiger partial charge in [-0.05, 0) is 5.56 Å². The molecule has 1 fully saturated rings. The molecule has 1 aromatic rings. The molecule has 3 heteroatoms. The van der Waals surface area contributed by atoms with Crippen LogP contribution in [0.3, 0.4) is 0 Å². The maximum Gasteiger partial charge on any atom is 0.150 e. The number of ketones is 1. The molecule has 1 aliphatic heterocycles. The van der Waals surface area contributed by atoms with E-state index in [2.05, 4.69) is 17.0 Å². The number of Topliss-reactive ketones (excluding diaryl/α,β-unsaturated/α-hetero) is 1. The van der Waals surface area contributed by atoms with Gasteiger partial charge in [-0.25, -0.2) is 0 Å². The lowest BCUT2D eigenvalue weighted by molar-refractivity contribution is -0.119. The van der Waals surface area contributed by atoms with Crippen LogP contribution in [0.15, 0.2) is 30.3 Å². The molecule has 0 spiro atoms. The Morgan fingerprint density at radius 3 is 2.53 bits per heavy atom. The summed E-state index contributed by atoms with van der Waals surface area (Å²) in [5.74, 6) is 0.597. The van der Waals surface area contributed by atoms with E-state index in [-0.39, 0.29) is 18.3 Å². The summed E-state index contributed by atoms with van der Waals surface area (Å²) in [5.41, 5.74) is 1.29.